The minimum Gasteiger partial charge on any atom is -0.276 e. The topological polar surface area (TPSA) is 69.0 Å². The Labute approximate surface area is 150 Å². The van der Waals surface area contributed by atoms with Crippen molar-refractivity contribution in [2.24, 2.45) is 0 Å². The van der Waals surface area contributed by atoms with Crippen LogP contribution in [-0.2, 0) is 16.2 Å². The number of para-hydroxylation sites is 1. The molecule has 1 heterocycles. The SMILES string of the molecule is Cc1ccccc1-n1cnnc1SCC(=O)NOCc1ccccc1. The van der Waals surface area contributed by atoms with E-state index in [0.717, 1.165) is 16.8 Å². The molecule has 2 aromatic carbocycles. The van der Waals surface area contributed by atoms with Gasteiger partial charge in [0.2, 0.25) is 0 Å². The van der Waals surface area contributed by atoms with E-state index in [1.54, 1.807) is 6.33 Å². The van der Waals surface area contributed by atoms with Gasteiger partial charge in [0.15, 0.2) is 5.16 Å². The summed E-state index contributed by atoms with van der Waals surface area (Å²) in [4.78, 5) is 17.2. The van der Waals surface area contributed by atoms with Gasteiger partial charge in [-0.25, -0.2) is 5.48 Å². The Bertz CT molecular complexity index is 836. The summed E-state index contributed by atoms with van der Waals surface area (Å²) in [6.45, 7) is 2.35. The molecule has 0 aliphatic heterocycles. The van der Waals surface area contributed by atoms with Crippen molar-refractivity contribution in [3.8, 4) is 5.69 Å². The maximum absolute atomic E-state index is 11.9. The van der Waals surface area contributed by atoms with Crippen molar-refractivity contribution < 1.29 is 9.63 Å². The lowest BCUT2D eigenvalue weighted by atomic mass is 10.2. The van der Waals surface area contributed by atoms with Gasteiger partial charge in [-0.3, -0.25) is 14.2 Å². The molecule has 0 bridgehead atoms. The fourth-order valence-electron chi connectivity index (χ4n) is 2.26. The molecule has 1 N–H and O–H groups in total. The smallest absolute Gasteiger partial charge is 0.254 e. The van der Waals surface area contributed by atoms with Crippen LogP contribution in [-0.4, -0.2) is 26.4 Å². The molecule has 1 aromatic heterocycles. The average Bonchev–Trinajstić information content (AvgIpc) is 3.10. The van der Waals surface area contributed by atoms with Crippen LogP contribution in [0.4, 0.5) is 0 Å². The first-order chi connectivity index (χ1) is 12.2. The molecule has 128 valence electrons. The molecule has 0 radical (unpaired) electrons. The summed E-state index contributed by atoms with van der Waals surface area (Å²) in [5, 5.41) is 8.70. The normalized spacial score (nSPS) is 10.6. The van der Waals surface area contributed by atoms with Crippen LogP contribution >= 0.6 is 11.8 Å². The average molecular weight is 354 g/mol. The number of amides is 1. The van der Waals surface area contributed by atoms with Gasteiger partial charge in [-0.2, -0.15) is 0 Å². The Morgan fingerprint density at radius 3 is 2.72 bits per heavy atom. The molecule has 3 aromatic rings. The van der Waals surface area contributed by atoms with Crippen LogP contribution in [0.5, 0.6) is 0 Å². The van der Waals surface area contributed by atoms with Gasteiger partial charge in [0.1, 0.15) is 6.33 Å². The summed E-state index contributed by atoms with van der Waals surface area (Å²) in [6.07, 6.45) is 1.65. The van der Waals surface area contributed by atoms with Crippen LogP contribution in [0.1, 0.15) is 11.1 Å². The zero-order valence-electron chi connectivity index (χ0n) is 13.8. The number of carbonyl (C=O) groups is 1. The largest absolute Gasteiger partial charge is 0.276 e. The van der Waals surface area contributed by atoms with Crippen LogP contribution in [0.15, 0.2) is 66.1 Å². The maximum atomic E-state index is 11.9. The summed E-state index contributed by atoms with van der Waals surface area (Å²) >= 11 is 1.31. The zero-order valence-corrected chi connectivity index (χ0v) is 14.6. The first-order valence-corrected chi connectivity index (χ1v) is 8.76. The van der Waals surface area contributed by atoms with Crippen molar-refractivity contribution in [2.75, 3.05) is 5.75 Å². The third-order valence-corrected chi connectivity index (χ3v) is 4.43. The second kappa shape index (κ2) is 8.46. The lowest BCUT2D eigenvalue weighted by molar-refractivity contribution is -0.131. The molecule has 0 aliphatic rings. The van der Waals surface area contributed by atoms with Gasteiger partial charge in [-0.05, 0) is 24.1 Å². The van der Waals surface area contributed by atoms with E-state index in [1.807, 2.05) is 66.1 Å². The minimum atomic E-state index is -0.222. The van der Waals surface area contributed by atoms with E-state index >= 15 is 0 Å². The highest BCUT2D eigenvalue weighted by Crippen LogP contribution is 2.21. The highest BCUT2D eigenvalue weighted by Gasteiger charge is 2.11. The summed E-state index contributed by atoms with van der Waals surface area (Å²) in [5.41, 5.74) is 5.55. The van der Waals surface area contributed by atoms with Crippen LogP contribution in [0.25, 0.3) is 5.69 Å². The van der Waals surface area contributed by atoms with Crippen LogP contribution in [0, 0.1) is 6.92 Å². The fourth-order valence-corrected chi connectivity index (χ4v) is 2.96. The first-order valence-electron chi connectivity index (χ1n) is 7.77. The number of rotatable bonds is 7. The lowest BCUT2D eigenvalue weighted by Crippen LogP contribution is -2.25. The number of hydrogen-bond donors (Lipinski definition) is 1. The Morgan fingerprint density at radius 2 is 1.92 bits per heavy atom. The molecule has 0 atom stereocenters. The predicted octanol–water partition coefficient (Wildman–Crippen LogP) is 2.92. The Kier molecular flexibility index (Phi) is 5.81. The third kappa shape index (κ3) is 4.68. The number of aryl methyl sites for hydroxylation is 1. The first kappa shape index (κ1) is 17.2. The molecule has 3 rings (SSSR count). The van der Waals surface area contributed by atoms with Crippen LogP contribution in [0.3, 0.4) is 0 Å². The number of carbonyl (C=O) groups excluding carboxylic acids is 1. The highest BCUT2D eigenvalue weighted by molar-refractivity contribution is 7.99. The Balaban J connectivity index is 1.52. The van der Waals surface area contributed by atoms with E-state index < -0.39 is 0 Å². The summed E-state index contributed by atoms with van der Waals surface area (Å²) in [6, 6.07) is 17.6. The van der Waals surface area contributed by atoms with Gasteiger partial charge in [0, 0.05) is 0 Å². The molecule has 6 nitrogen and oxygen atoms in total. The summed E-state index contributed by atoms with van der Waals surface area (Å²) in [5.74, 6) is -0.0282. The van der Waals surface area contributed by atoms with E-state index in [2.05, 4.69) is 15.7 Å². The second-order valence-electron chi connectivity index (χ2n) is 5.36. The number of hydroxylamine groups is 1. The van der Waals surface area contributed by atoms with Crippen molar-refractivity contribution >= 4 is 17.7 Å². The second-order valence-corrected chi connectivity index (χ2v) is 6.30. The van der Waals surface area contributed by atoms with Crippen LogP contribution < -0.4 is 5.48 Å². The van der Waals surface area contributed by atoms with E-state index in [0.29, 0.717) is 11.8 Å². The van der Waals surface area contributed by atoms with Crippen molar-refractivity contribution in [3.05, 3.63) is 72.1 Å². The molecule has 0 spiro atoms. The van der Waals surface area contributed by atoms with E-state index in [4.69, 9.17) is 4.84 Å². The Morgan fingerprint density at radius 1 is 1.16 bits per heavy atom. The van der Waals surface area contributed by atoms with Crippen molar-refractivity contribution in [2.45, 2.75) is 18.7 Å². The molecule has 0 saturated heterocycles. The minimum absolute atomic E-state index is 0.194. The fraction of sp³-hybridized carbons (Fsp3) is 0.167. The van der Waals surface area contributed by atoms with Crippen molar-refractivity contribution in [1.29, 1.82) is 0 Å². The molecule has 0 unspecified atom stereocenters. The molecule has 0 saturated carbocycles. The molecule has 25 heavy (non-hydrogen) atoms. The molecule has 0 aliphatic carbocycles. The third-order valence-electron chi connectivity index (χ3n) is 3.49. The zero-order chi connectivity index (χ0) is 17.5. The van der Waals surface area contributed by atoms with Gasteiger partial charge in [0.25, 0.3) is 5.91 Å². The van der Waals surface area contributed by atoms with Crippen molar-refractivity contribution in [3.63, 3.8) is 0 Å². The standard InChI is InChI=1S/C18H18N4O2S/c1-14-7-5-6-10-16(14)22-13-19-20-18(22)25-12-17(23)21-24-11-15-8-3-2-4-9-15/h2-10,13H,11-12H2,1H3,(H,21,23). The monoisotopic (exact) mass is 354 g/mol. The van der Waals surface area contributed by atoms with Gasteiger partial charge >= 0.3 is 0 Å². The number of thioether (sulfide) groups is 1. The quantitative estimate of drug-likeness (QED) is 0.522. The van der Waals surface area contributed by atoms with Crippen LogP contribution in [0.2, 0.25) is 0 Å². The van der Waals surface area contributed by atoms with E-state index in [-0.39, 0.29) is 11.7 Å². The molecule has 7 heteroatoms. The Hall–Kier alpha value is -2.64. The van der Waals surface area contributed by atoms with Gasteiger partial charge in [-0.15, -0.1) is 10.2 Å². The number of aromatic nitrogens is 3. The van der Waals surface area contributed by atoms with E-state index in [9.17, 15) is 4.79 Å². The number of nitrogens with zero attached hydrogens (tertiary/aromatic N) is 3. The van der Waals surface area contributed by atoms with Gasteiger partial charge in [0.05, 0.1) is 18.0 Å². The van der Waals surface area contributed by atoms with E-state index in [1.165, 1.54) is 11.8 Å². The lowest BCUT2D eigenvalue weighted by Gasteiger charge is -2.09. The molecule has 1 amide bonds. The molecule has 0 fully saturated rings. The molecular weight excluding hydrogens is 336 g/mol. The van der Waals surface area contributed by atoms with Gasteiger partial charge < -0.3 is 0 Å². The molecular formula is C18H18N4O2S. The number of hydrogen-bond acceptors (Lipinski definition) is 5. The van der Waals surface area contributed by atoms with Crippen molar-refractivity contribution in [1.82, 2.24) is 20.2 Å². The maximum Gasteiger partial charge on any atom is 0.254 e. The predicted molar refractivity (Wildman–Crippen MR) is 96.2 cm³/mol. The highest BCUT2D eigenvalue weighted by atomic mass is 32.2. The summed E-state index contributed by atoms with van der Waals surface area (Å²) < 4.78 is 1.87. The summed E-state index contributed by atoms with van der Waals surface area (Å²) in [7, 11) is 0. The number of benzene rings is 2. The van der Waals surface area contributed by atoms with Gasteiger partial charge in [-0.1, -0.05) is 60.3 Å². The number of nitrogens with one attached hydrogen (secondary N) is 1.